The zero-order valence-corrected chi connectivity index (χ0v) is 18.0. The molecule has 0 bridgehead atoms. The van der Waals surface area contributed by atoms with Crippen molar-refractivity contribution < 1.29 is 14.4 Å². The summed E-state index contributed by atoms with van der Waals surface area (Å²) in [4.78, 5) is 40.8. The van der Waals surface area contributed by atoms with Crippen molar-refractivity contribution in [2.75, 3.05) is 18.4 Å². The number of benzene rings is 2. The molecule has 162 valence electrons. The van der Waals surface area contributed by atoms with Gasteiger partial charge in [-0.3, -0.25) is 14.4 Å². The van der Waals surface area contributed by atoms with Gasteiger partial charge in [-0.15, -0.1) is 0 Å². The van der Waals surface area contributed by atoms with E-state index < -0.39 is 0 Å². The smallest absolute Gasteiger partial charge is 0.226 e. The van der Waals surface area contributed by atoms with Gasteiger partial charge in [-0.1, -0.05) is 36.4 Å². The van der Waals surface area contributed by atoms with E-state index in [2.05, 4.69) is 11.4 Å². The van der Waals surface area contributed by atoms with Gasteiger partial charge in [0.15, 0.2) is 0 Å². The largest absolute Gasteiger partial charge is 0.338 e. The van der Waals surface area contributed by atoms with E-state index in [-0.39, 0.29) is 30.2 Å². The molecule has 2 heterocycles. The first-order chi connectivity index (χ1) is 15.0. The Hall–Kier alpha value is -3.15. The van der Waals surface area contributed by atoms with E-state index in [1.54, 1.807) is 11.8 Å². The van der Waals surface area contributed by atoms with Gasteiger partial charge >= 0.3 is 0 Å². The number of piperidine rings is 1. The number of likely N-dealkylation sites (tertiary alicyclic amines) is 1. The molecule has 2 aromatic carbocycles. The Balaban J connectivity index is 1.44. The highest BCUT2D eigenvalue weighted by molar-refractivity contribution is 5.91. The zero-order chi connectivity index (χ0) is 21.8. The van der Waals surface area contributed by atoms with Crippen LogP contribution >= 0.6 is 0 Å². The van der Waals surface area contributed by atoms with Gasteiger partial charge in [0.2, 0.25) is 17.7 Å². The molecule has 0 aromatic heterocycles. The highest BCUT2D eigenvalue weighted by Crippen LogP contribution is 2.32. The number of hydrogen-bond donors (Lipinski definition) is 1. The van der Waals surface area contributed by atoms with E-state index in [0.717, 1.165) is 36.9 Å². The quantitative estimate of drug-likeness (QED) is 0.804. The molecule has 31 heavy (non-hydrogen) atoms. The molecular weight excluding hydrogens is 390 g/mol. The van der Waals surface area contributed by atoms with Crippen LogP contribution in [-0.4, -0.2) is 40.6 Å². The fourth-order valence-corrected chi connectivity index (χ4v) is 4.63. The molecule has 2 aromatic rings. The lowest BCUT2D eigenvalue weighted by molar-refractivity contribution is -0.134. The van der Waals surface area contributed by atoms with E-state index in [1.807, 2.05) is 47.4 Å². The number of nitrogens with one attached hydrogen (secondary N) is 1. The van der Waals surface area contributed by atoms with E-state index in [4.69, 9.17) is 0 Å². The molecular formula is C25H29N3O3. The Morgan fingerprint density at radius 2 is 1.87 bits per heavy atom. The lowest BCUT2D eigenvalue weighted by atomic mass is 9.90. The number of anilines is 1. The molecule has 0 radical (unpaired) electrons. The van der Waals surface area contributed by atoms with Crippen molar-refractivity contribution in [2.24, 2.45) is 0 Å². The Bertz CT molecular complexity index is 987. The Kier molecular flexibility index (Phi) is 6.35. The monoisotopic (exact) mass is 419 g/mol. The second kappa shape index (κ2) is 9.33. The first-order valence-corrected chi connectivity index (χ1v) is 11.0. The van der Waals surface area contributed by atoms with Crippen LogP contribution in [0.1, 0.15) is 55.3 Å². The maximum atomic E-state index is 12.9. The predicted molar refractivity (Wildman–Crippen MR) is 119 cm³/mol. The molecule has 6 heteroatoms. The van der Waals surface area contributed by atoms with Crippen LogP contribution in [0.2, 0.25) is 0 Å². The van der Waals surface area contributed by atoms with Gasteiger partial charge in [0.1, 0.15) is 0 Å². The summed E-state index contributed by atoms with van der Waals surface area (Å²) in [5.74, 6) is 0.0561. The maximum Gasteiger partial charge on any atom is 0.226 e. The van der Waals surface area contributed by atoms with Crippen molar-refractivity contribution in [2.45, 2.75) is 51.6 Å². The Labute approximate surface area is 183 Å². The molecule has 1 atom stereocenters. The predicted octanol–water partition coefficient (Wildman–Crippen LogP) is 3.67. The van der Waals surface area contributed by atoms with Crippen LogP contribution in [0.4, 0.5) is 5.69 Å². The first kappa shape index (κ1) is 21.1. The van der Waals surface area contributed by atoms with Gasteiger partial charge in [-0.25, -0.2) is 0 Å². The van der Waals surface area contributed by atoms with E-state index in [0.29, 0.717) is 25.2 Å². The molecule has 4 rings (SSSR count). The minimum Gasteiger partial charge on any atom is -0.338 e. The molecule has 0 saturated carbocycles. The van der Waals surface area contributed by atoms with Crippen molar-refractivity contribution in [1.29, 1.82) is 0 Å². The van der Waals surface area contributed by atoms with Crippen LogP contribution in [0.5, 0.6) is 0 Å². The maximum absolute atomic E-state index is 12.9. The third kappa shape index (κ3) is 4.95. The van der Waals surface area contributed by atoms with Crippen LogP contribution in [-0.2, 0) is 27.3 Å². The van der Waals surface area contributed by atoms with Crippen molar-refractivity contribution in [3.63, 3.8) is 0 Å². The first-order valence-electron chi connectivity index (χ1n) is 11.0. The fourth-order valence-electron chi connectivity index (χ4n) is 4.63. The fraction of sp³-hybridized carbons (Fsp3) is 0.400. The molecule has 6 nitrogen and oxygen atoms in total. The third-order valence-electron chi connectivity index (χ3n) is 6.20. The summed E-state index contributed by atoms with van der Waals surface area (Å²) >= 11 is 0. The van der Waals surface area contributed by atoms with E-state index >= 15 is 0 Å². The highest BCUT2D eigenvalue weighted by atomic mass is 16.2. The summed E-state index contributed by atoms with van der Waals surface area (Å²) in [5, 5.41) is 2.99. The number of carbonyl (C=O) groups is 3. The van der Waals surface area contributed by atoms with Crippen molar-refractivity contribution in [3.05, 3.63) is 65.2 Å². The van der Waals surface area contributed by atoms with Crippen LogP contribution in [0.25, 0.3) is 0 Å². The molecule has 1 unspecified atom stereocenters. The summed E-state index contributed by atoms with van der Waals surface area (Å²) in [6.07, 6.45) is 3.65. The van der Waals surface area contributed by atoms with Gasteiger partial charge in [0.05, 0.1) is 12.5 Å². The number of amides is 3. The molecule has 3 amide bonds. The standard InChI is InChI=1S/C25H29N3O3/c1-18(29)28-14-12-20-8-2-3-10-22(20)23(28)16-24(30)26-21-9-6-7-19(15-21)17-27-13-5-4-11-25(27)31/h2-3,6-10,15,23H,4-5,11-14,16-17H2,1H3,(H,26,30). The normalized spacial score (nSPS) is 18.5. The third-order valence-corrected chi connectivity index (χ3v) is 6.20. The van der Waals surface area contributed by atoms with Gasteiger partial charge < -0.3 is 15.1 Å². The average Bonchev–Trinajstić information content (AvgIpc) is 2.75. The van der Waals surface area contributed by atoms with Gasteiger partial charge in [-0.2, -0.15) is 0 Å². The minimum absolute atomic E-state index is 0.0134. The lowest BCUT2D eigenvalue weighted by Crippen LogP contribution is -2.40. The summed E-state index contributed by atoms with van der Waals surface area (Å²) in [5.41, 5.74) is 3.97. The molecule has 1 fully saturated rings. The topological polar surface area (TPSA) is 69.7 Å². The number of carbonyl (C=O) groups excluding carboxylic acids is 3. The molecule has 1 saturated heterocycles. The van der Waals surface area contributed by atoms with Crippen molar-refractivity contribution >= 4 is 23.4 Å². The number of fused-ring (bicyclic) bond motifs is 1. The summed E-state index contributed by atoms with van der Waals surface area (Å²) in [7, 11) is 0. The van der Waals surface area contributed by atoms with E-state index in [1.165, 1.54) is 5.56 Å². The van der Waals surface area contributed by atoms with Gasteiger partial charge in [0.25, 0.3) is 0 Å². The SMILES string of the molecule is CC(=O)N1CCc2ccccc2C1CC(=O)Nc1cccc(CN2CCCCC2=O)c1. The molecule has 1 N–H and O–H groups in total. The lowest BCUT2D eigenvalue weighted by Gasteiger charge is -2.36. The molecule has 2 aliphatic rings. The average molecular weight is 420 g/mol. The van der Waals surface area contributed by atoms with Gasteiger partial charge in [-0.05, 0) is 48.1 Å². The number of hydrogen-bond acceptors (Lipinski definition) is 3. The molecule has 2 aliphatic heterocycles. The Morgan fingerprint density at radius 3 is 2.68 bits per heavy atom. The van der Waals surface area contributed by atoms with Crippen LogP contribution in [0.3, 0.4) is 0 Å². The molecule has 0 aliphatic carbocycles. The summed E-state index contributed by atoms with van der Waals surface area (Å²) in [6, 6.07) is 15.5. The van der Waals surface area contributed by atoms with Crippen molar-refractivity contribution in [3.8, 4) is 0 Å². The highest BCUT2D eigenvalue weighted by Gasteiger charge is 2.30. The summed E-state index contributed by atoms with van der Waals surface area (Å²) < 4.78 is 0. The minimum atomic E-state index is -0.253. The second-order valence-corrected chi connectivity index (χ2v) is 8.40. The zero-order valence-electron chi connectivity index (χ0n) is 18.0. The van der Waals surface area contributed by atoms with Crippen LogP contribution in [0, 0.1) is 0 Å². The van der Waals surface area contributed by atoms with E-state index in [9.17, 15) is 14.4 Å². The van der Waals surface area contributed by atoms with Crippen molar-refractivity contribution in [1.82, 2.24) is 9.80 Å². The van der Waals surface area contributed by atoms with Crippen LogP contribution in [0.15, 0.2) is 48.5 Å². The second-order valence-electron chi connectivity index (χ2n) is 8.40. The van der Waals surface area contributed by atoms with Gasteiger partial charge in [0, 0.05) is 38.7 Å². The number of rotatable bonds is 5. The van der Waals surface area contributed by atoms with Crippen LogP contribution < -0.4 is 5.32 Å². The molecule has 0 spiro atoms. The summed E-state index contributed by atoms with van der Waals surface area (Å²) in [6.45, 7) is 3.54. The number of nitrogens with zero attached hydrogens (tertiary/aromatic N) is 2. The Morgan fingerprint density at radius 1 is 1.03 bits per heavy atom.